The number of amides is 1. The fourth-order valence-electron chi connectivity index (χ4n) is 3.86. The number of halogens is 1. The second-order valence-electron chi connectivity index (χ2n) is 7.99. The van der Waals surface area contributed by atoms with Gasteiger partial charge in [0.05, 0.1) is 5.60 Å². The first-order chi connectivity index (χ1) is 14.2. The summed E-state index contributed by atoms with van der Waals surface area (Å²) in [6, 6.07) is 8.52. The van der Waals surface area contributed by atoms with Gasteiger partial charge < -0.3 is 10.0 Å². The van der Waals surface area contributed by atoms with Crippen LogP contribution >= 0.6 is 0 Å². The molecule has 3 rings (SSSR count). The van der Waals surface area contributed by atoms with Gasteiger partial charge in [0.1, 0.15) is 12.4 Å². The van der Waals surface area contributed by atoms with Crippen molar-refractivity contribution in [2.75, 3.05) is 26.7 Å². The molecule has 1 saturated heterocycles. The molecule has 162 valence electrons. The second kappa shape index (κ2) is 9.36. The standard InChI is InChI=1S/C21H27FN4O4/c1-24(13-16-3-5-17(22)6-4-16)15-21(30)9-2-11-25(12-10-21)20(29)14-26-19(28)8-7-18(27)23-26/h3-8,30H,2,9-15H2,1H3,(H,23,27). The number of nitrogens with one attached hydrogen (secondary N) is 1. The number of aromatic amines is 1. The molecule has 1 amide bonds. The van der Waals surface area contributed by atoms with E-state index in [0.717, 1.165) is 22.4 Å². The number of carbonyl (C=O) groups excluding carboxylic acids is 1. The Morgan fingerprint density at radius 2 is 1.90 bits per heavy atom. The van der Waals surface area contributed by atoms with Gasteiger partial charge in [-0.2, -0.15) is 0 Å². The van der Waals surface area contributed by atoms with Crippen LogP contribution < -0.4 is 11.1 Å². The predicted molar refractivity (Wildman–Crippen MR) is 109 cm³/mol. The Kier molecular flexibility index (Phi) is 6.84. The third-order valence-corrected chi connectivity index (χ3v) is 5.38. The number of H-pyrrole nitrogens is 1. The van der Waals surface area contributed by atoms with Crippen molar-refractivity contribution < 1.29 is 14.3 Å². The van der Waals surface area contributed by atoms with Crippen molar-refractivity contribution in [3.05, 3.63) is 68.5 Å². The van der Waals surface area contributed by atoms with Crippen LogP contribution in [0.25, 0.3) is 0 Å². The zero-order valence-corrected chi connectivity index (χ0v) is 17.0. The fourth-order valence-corrected chi connectivity index (χ4v) is 3.86. The Labute approximate surface area is 173 Å². The van der Waals surface area contributed by atoms with Gasteiger partial charge in [-0.25, -0.2) is 9.07 Å². The Morgan fingerprint density at radius 1 is 1.17 bits per heavy atom. The Morgan fingerprint density at radius 3 is 2.63 bits per heavy atom. The monoisotopic (exact) mass is 418 g/mol. The first-order valence-corrected chi connectivity index (χ1v) is 9.97. The molecule has 0 radical (unpaired) electrons. The van der Waals surface area contributed by atoms with Crippen LogP contribution in [-0.4, -0.2) is 62.9 Å². The number of nitrogens with zero attached hydrogens (tertiary/aromatic N) is 3. The summed E-state index contributed by atoms with van der Waals surface area (Å²) in [7, 11) is 1.90. The molecule has 9 heteroatoms. The molecule has 30 heavy (non-hydrogen) atoms. The van der Waals surface area contributed by atoms with Gasteiger partial charge in [0.25, 0.3) is 11.1 Å². The van der Waals surface area contributed by atoms with Gasteiger partial charge in [-0.3, -0.25) is 24.4 Å². The van der Waals surface area contributed by atoms with Gasteiger partial charge in [0.2, 0.25) is 5.91 Å². The van der Waals surface area contributed by atoms with E-state index < -0.39 is 16.7 Å². The van der Waals surface area contributed by atoms with Crippen LogP contribution in [0.2, 0.25) is 0 Å². The van der Waals surface area contributed by atoms with Gasteiger partial charge in [0.15, 0.2) is 0 Å². The number of likely N-dealkylation sites (N-methyl/N-ethyl adjacent to an activating group) is 1. The Bertz CT molecular complexity index is 987. The van der Waals surface area contributed by atoms with E-state index in [-0.39, 0.29) is 18.3 Å². The van der Waals surface area contributed by atoms with Crippen LogP contribution in [0.15, 0.2) is 46.0 Å². The number of hydrogen-bond acceptors (Lipinski definition) is 5. The molecule has 8 nitrogen and oxygen atoms in total. The smallest absolute Gasteiger partial charge is 0.265 e. The van der Waals surface area contributed by atoms with E-state index >= 15 is 0 Å². The number of aromatic nitrogens is 2. The molecule has 0 spiro atoms. The summed E-state index contributed by atoms with van der Waals surface area (Å²) in [5.74, 6) is -0.557. The molecular formula is C21H27FN4O4. The van der Waals surface area contributed by atoms with E-state index in [1.807, 2.05) is 11.9 Å². The highest BCUT2D eigenvalue weighted by Crippen LogP contribution is 2.24. The molecule has 0 aliphatic carbocycles. The van der Waals surface area contributed by atoms with Crippen LogP contribution in [0.4, 0.5) is 4.39 Å². The Balaban J connectivity index is 1.56. The molecule has 2 heterocycles. The van der Waals surface area contributed by atoms with E-state index in [1.165, 1.54) is 12.1 Å². The summed E-state index contributed by atoms with van der Waals surface area (Å²) in [6.45, 7) is 1.62. The fraction of sp³-hybridized carbons (Fsp3) is 0.476. The second-order valence-corrected chi connectivity index (χ2v) is 7.99. The highest BCUT2D eigenvalue weighted by atomic mass is 19.1. The molecule has 1 aliphatic rings. The van der Waals surface area contributed by atoms with Crippen molar-refractivity contribution >= 4 is 5.91 Å². The molecule has 1 unspecified atom stereocenters. The summed E-state index contributed by atoms with van der Waals surface area (Å²) in [6.07, 6.45) is 1.59. The van der Waals surface area contributed by atoms with E-state index in [0.29, 0.717) is 45.4 Å². The molecule has 0 bridgehead atoms. The zero-order valence-electron chi connectivity index (χ0n) is 17.0. The lowest BCUT2D eigenvalue weighted by atomic mass is 9.94. The van der Waals surface area contributed by atoms with E-state index in [1.54, 1.807) is 17.0 Å². The van der Waals surface area contributed by atoms with Gasteiger partial charge in [0, 0.05) is 38.3 Å². The first-order valence-electron chi connectivity index (χ1n) is 9.97. The first kappa shape index (κ1) is 21.9. The van der Waals surface area contributed by atoms with Crippen LogP contribution in [0, 0.1) is 5.82 Å². The third-order valence-electron chi connectivity index (χ3n) is 5.38. The predicted octanol–water partition coefficient (Wildman–Crippen LogP) is 0.551. The maximum absolute atomic E-state index is 13.1. The highest BCUT2D eigenvalue weighted by Gasteiger charge is 2.32. The number of rotatable bonds is 6. The molecular weight excluding hydrogens is 391 g/mol. The molecule has 1 atom stereocenters. The molecule has 2 aromatic rings. The van der Waals surface area contributed by atoms with Crippen molar-refractivity contribution in [3.63, 3.8) is 0 Å². The van der Waals surface area contributed by atoms with Crippen LogP contribution in [0.1, 0.15) is 24.8 Å². The Hall–Kier alpha value is -2.78. The number of aliphatic hydroxyl groups is 1. The summed E-state index contributed by atoms with van der Waals surface area (Å²) in [5.41, 5.74) is -0.884. The van der Waals surface area contributed by atoms with Crippen molar-refractivity contribution in [3.8, 4) is 0 Å². The topological polar surface area (TPSA) is 98.6 Å². The largest absolute Gasteiger partial charge is 0.388 e. The van der Waals surface area contributed by atoms with Crippen molar-refractivity contribution in [2.24, 2.45) is 0 Å². The lowest BCUT2D eigenvalue weighted by Crippen LogP contribution is -2.43. The van der Waals surface area contributed by atoms with Crippen molar-refractivity contribution in [1.29, 1.82) is 0 Å². The minimum atomic E-state index is -0.943. The summed E-state index contributed by atoms with van der Waals surface area (Å²) >= 11 is 0. The van der Waals surface area contributed by atoms with E-state index in [9.17, 15) is 23.9 Å². The van der Waals surface area contributed by atoms with E-state index in [2.05, 4.69) is 5.10 Å². The number of hydrogen-bond donors (Lipinski definition) is 2. The molecule has 1 aliphatic heterocycles. The normalized spacial score (nSPS) is 19.7. The SMILES string of the molecule is CN(Cc1ccc(F)cc1)CC1(O)CCCN(C(=O)Cn2[nH]c(=O)ccc2=O)CC1. The lowest BCUT2D eigenvalue weighted by Gasteiger charge is -2.31. The molecule has 1 aromatic heterocycles. The van der Waals surface area contributed by atoms with Gasteiger partial charge in [-0.1, -0.05) is 12.1 Å². The summed E-state index contributed by atoms with van der Waals surface area (Å²) < 4.78 is 14.1. The summed E-state index contributed by atoms with van der Waals surface area (Å²) in [4.78, 5) is 39.4. The van der Waals surface area contributed by atoms with Gasteiger partial charge >= 0.3 is 0 Å². The zero-order chi connectivity index (χ0) is 21.7. The summed E-state index contributed by atoms with van der Waals surface area (Å²) in [5, 5.41) is 13.4. The molecule has 1 aromatic carbocycles. The average Bonchev–Trinajstić information content (AvgIpc) is 2.88. The van der Waals surface area contributed by atoms with Crippen LogP contribution in [-0.2, 0) is 17.9 Å². The maximum Gasteiger partial charge on any atom is 0.265 e. The highest BCUT2D eigenvalue weighted by molar-refractivity contribution is 5.75. The number of carbonyl (C=O) groups is 1. The minimum Gasteiger partial charge on any atom is -0.388 e. The van der Waals surface area contributed by atoms with Gasteiger partial charge in [-0.05, 0) is 44.0 Å². The quantitative estimate of drug-likeness (QED) is 0.714. The number of benzene rings is 1. The third kappa shape index (κ3) is 5.87. The van der Waals surface area contributed by atoms with Crippen molar-refractivity contribution in [2.45, 2.75) is 38.0 Å². The molecule has 2 N–H and O–H groups in total. The van der Waals surface area contributed by atoms with Gasteiger partial charge in [-0.15, -0.1) is 0 Å². The lowest BCUT2D eigenvalue weighted by molar-refractivity contribution is -0.132. The van der Waals surface area contributed by atoms with Crippen molar-refractivity contribution in [1.82, 2.24) is 19.6 Å². The van der Waals surface area contributed by atoms with Crippen LogP contribution in [0.3, 0.4) is 0 Å². The minimum absolute atomic E-state index is 0.238. The molecule has 0 saturated carbocycles. The maximum atomic E-state index is 13.1. The van der Waals surface area contributed by atoms with E-state index in [4.69, 9.17) is 0 Å². The molecule has 1 fully saturated rings. The van der Waals surface area contributed by atoms with Crippen LogP contribution in [0.5, 0.6) is 0 Å². The average molecular weight is 418 g/mol. The number of likely N-dealkylation sites (tertiary alicyclic amines) is 1.